The molecular formula is C10H15N3O2S. The van der Waals surface area contributed by atoms with Gasteiger partial charge in [-0.15, -0.1) is 11.3 Å². The Bertz CT molecular complexity index is 387. The maximum atomic E-state index is 11.6. The second-order valence-electron chi connectivity index (χ2n) is 3.67. The van der Waals surface area contributed by atoms with E-state index >= 15 is 0 Å². The van der Waals surface area contributed by atoms with Gasteiger partial charge in [-0.2, -0.15) is 0 Å². The fourth-order valence-corrected chi connectivity index (χ4v) is 1.85. The first-order chi connectivity index (χ1) is 7.50. The second kappa shape index (κ2) is 5.60. The molecule has 0 spiro atoms. The zero-order chi connectivity index (χ0) is 12.1. The molecule has 0 atom stereocenters. The lowest BCUT2D eigenvalue weighted by Gasteiger charge is -2.08. The fourth-order valence-electron chi connectivity index (χ4n) is 1.13. The summed E-state index contributed by atoms with van der Waals surface area (Å²) < 4.78 is 0. The number of hydrogen-bond donors (Lipinski definition) is 2. The standard InChI is InChI=1S/C10H15N3O2S/c1-6(2)13-8(14)4-11-10(15)9-7(3)12-5-16-9/h5-6H,4H2,1-3H3,(H,11,15)(H,13,14). The minimum absolute atomic E-state index is 0.00560. The summed E-state index contributed by atoms with van der Waals surface area (Å²) >= 11 is 1.27. The van der Waals surface area contributed by atoms with E-state index in [1.54, 1.807) is 12.4 Å². The molecule has 1 aromatic rings. The Morgan fingerprint density at radius 1 is 1.50 bits per heavy atom. The van der Waals surface area contributed by atoms with Crippen molar-refractivity contribution in [2.75, 3.05) is 6.54 Å². The van der Waals surface area contributed by atoms with Crippen molar-refractivity contribution >= 4 is 23.2 Å². The van der Waals surface area contributed by atoms with E-state index in [9.17, 15) is 9.59 Å². The Morgan fingerprint density at radius 2 is 2.19 bits per heavy atom. The summed E-state index contributed by atoms with van der Waals surface area (Å²) in [5, 5.41) is 5.24. The second-order valence-corrected chi connectivity index (χ2v) is 4.53. The zero-order valence-electron chi connectivity index (χ0n) is 9.53. The Kier molecular flexibility index (Phi) is 4.42. The zero-order valence-corrected chi connectivity index (χ0v) is 10.4. The number of rotatable bonds is 4. The quantitative estimate of drug-likeness (QED) is 0.815. The van der Waals surface area contributed by atoms with E-state index in [4.69, 9.17) is 0 Å². The number of nitrogens with one attached hydrogen (secondary N) is 2. The molecule has 0 bridgehead atoms. The molecule has 0 aromatic carbocycles. The molecule has 0 aliphatic rings. The molecule has 1 aromatic heterocycles. The maximum absolute atomic E-state index is 11.6. The first kappa shape index (κ1) is 12.6. The topological polar surface area (TPSA) is 71.1 Å². The van der Waals surface area contributed by atoms with Gasteiger partial charge in [-0.25, -0.2) is 4.98 Å². The van der Waals surface area contributed by atoms with Crippen LogP contribution in [-0.4, -0.2) is 29.4 Å². The number of hydrogen-bond acceptors (Lipinski definition) is 4. The van der Waals surface area contributed by atoms with Crippen molar-refractivity contribution in [3.63, 3.8) is 0 Å². The van der Waals surface area contributed by atoms with Crippen molar-refractivity contribution in [2.24, 2.45) is 0 Å². The van der Waals surface area contributed by atoms with Crippen LogP contribution in [0.5, 0.6) is 0 Å². The van der Waals surface area contributed by atoms with Crippen LogP contribution < -0.4 is 10.6 Å². The summed E-state index contributed by atoms with van der Waals surface area (Å²) in [5.74, 6) is -0.440. The van der Waals surface area contributed by atoms with E-state index in [-0.39, 0.29) is 24.4 Å². The normalized spacial score (nSPS) is 10.2. The summed E-state index contributed by atoms with van der Waals surface area (Å²) in [7, 11) is 0. The van der Waals surface area contributed by atoms with Gasteiger partial charge in [0, 0.05) is 6.04 Å². The van der Waals surface area contributed by atoms with E-state index in [0.717, 1.165) is 0 Å². The van der Waals surface area contributed by atoms with Gasteiger partial charge in [0.2, 0.25) is 5.91 Å². The lowest BCUT2D eigenvalue weighted by molar-refractivity contribution is -0.120. The highest BCUT2D eigenvalue weighted by atomic mass is 32.1. The smallest absolute Gasteiger partial charge is 0.263 e. The number of aromatic nitrogens is 1. The molecule has 1 rings (SSSR count). The molecule has 0 saturated carbocycles. The molecule has 2 N–H and O–H groups in total. The van der Waals surface area contributed by atoms with Crippen molar-refractivity contribution in [2.45, 2.75) is 26.8 Å². The van der Waals surface area contributed by atoms with Crippen molar-refractivity contribution in [3.05, 3.63) is 16.1 Å². The lowest BCUT2D eigenvalue weighted by Crippen LogP contribution is -2.39. The van der Waals surface area contributed by atoms with Crippen LogP contribution in [0.2, 0.25) is 0 Å². The maximum Gasteiger partial charge on any atom is 0.263 e. The fraction of sp³-hybridized carbons (Fsp3) is 0.500. The minimum Gasteiger partial charge on any atom is -0.352 e. The predicted molar refractivity (Wildman–Crippen MR) is 62.5 cm³/mol. The van der Waals surface area contributed by atoms with Crippen molar-refractivity contribution in [1.82, 2.24) is 15.6 Å². The van der Waals surface area contributed by atoms with Gasteiger partial charge in [0.05, 0.1) is 17.7 Å². The summed E-state index contributed by atoms with van der Waals surface area (Å²) in [4.78, 5) is 27.4. The molecule has 88 valence electrons. The molecule has 0 fully saturated rings. The monoisotopic (exact) mass is 241 g/mol. The van der Waals surface area contributed by atoms with Gasteiger partial charge in [-0.3, -0.25) is 9.59 Å². The SMILES string of the molecule is Cc1ncsc1C(=O)NCC(=O)NC(C)C. The third-order valence-corrected chi connectivity index (χ3v) is 2.74. The molecule has 6 heteroatoms. The molecule has 0 aliphatic carbocycles. The molecule has 5 nitrogen and oxygen atoms in total. The summed E-state index contributed by atoms with van der Waals surface area (Å²) in [6.07, 6.45) is 0. The van der Waals surface area contributed by atoms with Gasteiger partial charge in [0.1, 0.15) is 4.88 Å². The van der Waals surface area contributed by atoms with Gasteiger partial charge in [0.25, 0.3) is 5.91 Å². The minimum atomic E-state index is -0.251. The first-order valence-corrected chi connectivity index (χ1v) is 5.86. The molecule has 0 saturated heterocycles. The van der Waals surface area contributed by atoms with Crippen molar-refractivity contribution in [3.8, 4) is 0 Å². The number of carbonyl (C=O) groups excluding carboxylic acids is 2. The summed E-state index contributed by atoms with van der Waals surface area (Å²) in [5.41, 5.74) is 2.30. The van der Waals surface area contributed by atoms with E-state index in [1.807, 2.05) is 13.8 Å². The number of carbonyl (C=O) groups is 2. The van der Waals surface area contributed by atoms with Gasteiger partial charge in [0.15, 0.2) is 0 Å². The Hall–Kier alpha value is -1.43. The average molecular weight is 241 g/mol. The van der Waals surface area contributed by atoms with Crippen LogP contribution in [0.15, 0.2) is 5.51 Å². The van der Waals surface area contributed by atoms with Crippen LogP contribution in [0.4, 0.5) is 0 Å². The van der Waals surface area contributed by atoms with Crippen LogP contribution in [0, 0.1) is 6.92 Å². The third-order valence-electron chi connectivity index (χ3n) is 1.81. The molecule has 1 heterocycles. The summed E-state index contributed by atoms with van der Waals surface area (Å²) in [6, 6.07) is 0.0783. The van der Waals surface area contributed by atoms with E-state index in [1.165, 1.54) is 11.3 Å². The Balaban J connectivity index is 2.42. The largest absolute Gasteiger partial charge is 0.352 e. The van der Waals surface area contributed by atoms with E-state index in [2.05, 4.69) is 15.6 Å². The Morgan fingerprint density at radius 3 is 2.69 bits per heavy atom. The van der Waals surface area contributed by atoms with Crippen molar-refractivity contribution in [1.29, 1.82) is 0 Å². The van der Waals surface area contributed by atoms with Crippen LogP contribution in [-0.2, 0) is 4.79 Å². The van der Waals surface area contributed by atoms with E-state index in [0.29, 0.717) is 10.6 Å². The van der Waals surface area contributed by atoms with Gasteiger partial charge < -0.3 is 10.6 Å². The van der Waals surface area contributed by atoms with Crippen LogP contribution in [0.1, 0.15) is 29.2 Å². The number of nitrogens with zero attached hydrogens (tertiary/aromatic N) is 1. The highest BCUT2D eigenvalue weighted by molar-refractivity contribution is 7.11. The number of aryl methyl sites for hydroxylation is 1. The van der Waals surface area contributed by atoms with Crippen LogP contribution in [0.25, 0.3) is 0 Å². The Labute approximate surface area is 98.3 Å². The van der Waals surface area contributed by atoms with Gasteiger partial charge >= 0.3 is 0 Å². The first-order valence-electron chi connectivity index (χ1n) is 4.98. The van der Waals surface area contributed by atoms with Gasteiger partial charge in [-0.05, 0) is 20.8 Å². The van der Waals surface area contributed by atoms with E-state index < -0.39 is 0 Å². The number of amides is 2. The number of thiazole rings is 1. The molecule has 0 radical (unpaired) electrons. The predicted octanol–water partition coefficient (Wildman–Crippen LogP) is 0.706. The van der Waals surface area contributed by atoms with Crippen LogP contribution >= 0.6 is 11.3 Å². The molecular weight excluding hydrogens is 226 g/mol. The van der Waals surface area contributed by atoms with Crippen LogP contribution in [0.3, 0.4) is 0 Å². The lowest BCUT2D eigenvalue weighted by atomic mass is 10.3. The molecule has 0 unspecified atom stereocenters. The van der Waals surface area contributed by atoms with Gasteiger partial charge in [-0.1, -0.05) is 0 Å². The van der Waals surface area contributed by atoms with Crippen molar-refractivity contribution < 1.29 is 9.59 Å². The highest BCUT2D eigenvalue weighted by Crippen LogP contribution is 2.11. The molecule has 0 aliphatic heterocycles. The molecule has 16 heavy (non-hydrogen) atoms. The third kappa shape index (κ3) is 3.62. The average Bonchev–Trinajstić information content (AvgIpc) is 2.60. The molecule has 2 amide bonds. The summed E-state index contributed by atoms with van der Waals surface area (Å²) in [6.45, 7) is 5.49. The highest BCUT2D eigenvalue weighted by Gasteiger charge is 2.12.